The molecule has 0 radical (unpaired) electrons. The fourth-order valence-corrected chi connectivity index (χ4v) is 3.95. The van der Waals surface area contributed by atoms with E-state index in [0.29, 0.717) is 32.8 Å². The third-order valence-electron chi connectivity index (χ3n) is 4.48. The molecule has 1 aromatic rings. The molecule has 2 aliphatic heterocycles. The van der Waals surface area contributed by atoms with Crippen LogP contribution in [0.25, 0.3) is 0 Å². The van der Waals surface area contributed by atoms with Gasteiger partial charge >= 0.3 is 0 Å². The minimum Gasteiger partial charge on any atom is -0.374 e. The molecule has 23 heavy (non-hydrogen) atoms. The Bertz CT molecular complexity index is 624. The lowest BCUT2D eigenvalue weighted by Gasteiger charge is -2.17. The number of ether oxygens (including phenoxy) is 1. The summed E-state index contributed by atoms with van der Waals surface area (Å²) in [5, 5.41) is 8.32. The number of hydrogen-bond acceptors (Lipinski definition) is 6. The van der Waals surface area contributed by atoms with Gasteiger partial charge in [0.1, 0.15) is 5.69 Å². The van der Waals surface area contributed by atoms with E-state index in [2.05, 4.69) is 15.2 Å². The number of nitrogens with zero attached hydrogens (tertiary/aromatic N) is 5. The largest absolute Gasteiger partial charge is 0.374 e. The number of aryl methyl sites for hydroxylation is 1. The molecule has 0 aromatic carbocycles. The molecule has 1 fully saturated rings. The van der Waals surface area contributed by atoms with E-state index in [1.165, 1.54) is 23.4 Å². The highest BCUT2D eigenvalue weighted by molar-refractivity contribution is 7.88. The van der Waals surface area contributed by atoms with Crippen LogP contribution in [-0.4, -0.2) is 71.7 Å². The zero-order valence-corrected chi connectivity index (χ0v) is 14.5. The Kier molecular flexibility index (Phi) is 5.30. The molecule has 9 heteroatoms. The minimum absolute atomic E-state index is 0.330. The van der Waals surface area contributed by atoms with Crippen LogP contribution < -0.4 is 0 Å². The summed E-state index contributed by atoms with van der Waals surface area (Å²) in [7, 11) is -3.21. The van der Waals surface area contributed by atoms with Crippen molar-refractivity contribution >= 4 is 10.0 Å². The molecule has 3 heterocycles. The van der Waals surface area contributed by atoms with Gasteiger partial charge in [0.15, 0.2) is 0 Å². The third kappa shape index (κ3) is 4.28. The lowest BCUT2D eigenvalue weighted by atomic mass is 10.3. The van der Waals surface area contributed by atoms with Crippen molar-refractivity contribution in [3.63, 3.8) is 0 Å². The second kappa shape index (κ2) is 7.25. The zero-order valence-electron chi connectivity index (χ0n) is 13.6. The topological polar surface area (TPSA) is 80.6 Å². The van der Waals surface area contributed by atoms with Crippen molar-refractivity contribution in [1.29, 1.82) is 0 Å². The van der Waals surface area contributed by atoms with Crippen molar-refractivity contribution in [3.05, 3.63) is 11.4 Å². The lowest BCUT2D eigenvalue weighted by Crippen LogP contribution is -2.30. The molecular formula is C14H25N5O3S. The molecule has 0 unspecified atom stereocenters. The van der Waals surface area contributed by atoms with E-state index in [9.17, 15) is 8.42 Å². The zero-order chi connectivity index (χ0) is 16.3. The summed E-state index contributed by atoms with van der Waals surface area (Å²) in [6.07, 6.45) is 4.55. The molecule has 130 valence electrons. The maximum absolute atomic E-state index is 11.8. The Morgan fingerprint density at radius 3 is 2.65 bits per heavy atom. The summed E-state index contributed by atoms with van der Waals surface area (Å²) in [4.78, 5) is 2.40. The lowest BCUT2D eigenvalue weighted by molar-refractivity contribution is 0.0963. The van der Waals surface area contributed by atoms with Gasteiger partial charge in [-0.3, -0.25) is 0 Å². The quantitative estimate of drug-likeness (QED) is 0.679. The first kappa shape index (κ1) is 16.8. The molecule has 8 nitrogen and oxygen atoms in total. The van der Waals surface area contributed by atoms with Crippen LogP contribution in [-0.2, 0) is 34.5 Å². The molecule has 1 aromatic heterocycles. The van der Waals surface area contributed by atoms with Crippen LogP contribution in [0.2, 0.25) is 0 Å². The summed E-state index contributed by atoms with van der Waals surface area (Å²) in [6, 6.07) is 0. The molecule has 0 saturated carbocycles. The van der Waals surface area contributed by atoms with Crippen LogP contribution in [0.1, 0.15) is 30.7 Å². The van der Waals surface area contributed by atoms with Crippen molar-refractivity contribution < 1.29 is 13.2 Å². The highest BCUT2D eigenvalue weighted by atomic mass is 32.2. The Hall–Kier alpha value is -1.03. The average molecular weight is 343 g/mol. The molecular weight excluding hydrogens is 318 g/mol. The molecule has 1 saturated heterocycles. The van der Waals surface area contributed by atoms with Gasteiger partial charge in [-0.05, 0) is 32.4 Å². The van der Waals surface area contributed by atoms with E-state index in [-0.39, 0.29) is 0 Å². The van der Waals surface area contributed by atoms with Crippen molar-refractivity contribution in [2.24, 2.45) is 0 Å². The van der Waals surface area contributed by atoms with E-state index in [4.69, 9.17) is 4.74 Å². The SMILES string of the molecule is CS(=O)(=O)N1CCCn2nnc(COCCN3CCCC3)c2C1. The van der Waals surface area contributed by atoms with Crippen LogP contribution in [0.4, 0.5) is 0 Å². The maximum atomic E-state index is 11.8. The second-order valence-electron chi connectivity index (χ2n) is 6.26. The standard InChI is InChI=1S/C14H25N5O3S/c1-23(20,21)18-7-4-8-19-14(11-18)13(15-16-19)12-22-10-9-17-5-2-3-6-17/h2-12H2,1H3. The van der Waals surface area contributed by atoms with Crippen molar-refractivity contribution in [2.75, 3.05) is 39.0 Å². The van der Waals surface area contributed by atoms with Gasteiger partial charge in [-0.2, -0.15) is 4.31 Å². The predicted octanol–water partition coefficient (Wildman–Crippen LogP) is 0.0558. The smallest absolute Gasteiger partial charge is 0.211 e. The summed E-state index contributed by atoms with van der Waals surface area (Å²) < 4.78 is 32.7. The number of fused-ring (bicyclic) bond motifs is 1. The van der Waals surface area contributed by atoms with Gasteiger partial charge in [0, 0.05) is 19.6 Å². The molecule has 2 aliphatic rings. The van der Waals surface area contributed by atoms with Crippen LogP contribution in [0, 0.1) is 0 Å². The molecule has 0 aliphatic carbocycles. The van der Waals surface area contributed by atoms with Gasteiger partial charge < -0.3 is 9.64 Å². The number of likely N-dealkylation sites (tertiary alicyclic amines) is 1. The Balaban J connectivity index is 1.57. The predicted molar refractivity (Wildman–Crippen MR) is 85.2 cm³/mol. The molecule has 0 atom stereocenters. The van der Waals surface area contributed by atoms with Crippen LogP contribution in [0.3, 0.4) is 0 Å². The van der Waals surface area contributed by atoms with Crippen LogP contribution in [0.5, 0.6) is 0 Å². The first-order valence-corrected chi connectivity index (χ1v) is 10.1. The first-order valence-electron chi connectivity index (χ1n) is 8.20. The minimum atomic E-state index is -3.21. The first-order chi connectivity index (χ1) is 11.0. The van der Waals surface area contributed by atoms with Gasteiger partial charge in [-0.15, -0.1) is 5.10 Å². The van der Waals surface area contributed by atoms with Crippen molar-refractivity contribution in [2.45, 2.75) is 39.0 Å². The van der Waals surface area contributed by atoms with E-state index in [1.54, 1.807) is 0 Å². The van der Waals surface area contributed by atoms with E-state index >= 15 is 0 Å². The molecule has 0 N–H and O–H groups in total. The van der Waals surface area contributed by atoms with E-state index in [0.717, 1.165) is 37.4 Å². The highest BCUT2D eigenvalue weighted by Gasteiger charge is 2.25. The van der Waals surface area contributed by atoms with Gasteiger partial charge in [0.2, 0.25) is 10.0 Å². The molecule has 0 spiro atoms. The van der Waals surface area contributed by atoms with Crippen molar-refractivity contribution in [3.8, 4) is 0 Å². The number of aromatic nitrogens is 3. The van der Waals surface area contributed by atoms with Gasteiger partial charge in [-0.25, -0.2) is 13.1 Å². The van der Waals surface area contributed by atoms with Crippen LogP contribution in [0.15, 0.2) is 0 Å². The molecule has 0 amide bonds. The second-order valence-corrected chi connectivity index (χ2v) is 8.24. The monoisotopic (exact) mass is 343 g/mol. The average Bonchev–Trinajstić information content (AvgIpc) is 3.08. The summed E-state index contributed by atoms with van der Waals surface area (Å²) in [6.45, 7) is 5.88. The highest BCUT2D eigenvalue weighted by Crippen LogP contribution is 2.17. The van der Waals surface area contributed by atoms with Crippen molar-refractivity contribution in [1.82, 2.24) is 24.2 Å². The number of rotatable bonds is 6. The van der Waals surface area contributed by atoms with Gasteiger partial charge in [0.25, 0.3) is 0 Å². The van der Waals surface area contributed by atoms with Gasteiger partial charge in [-0.1, -0.05) is 5.21 Å². The Morgan fingerprint density at radius 2 is 1.91 bits per heavy atom. The normalized spacial score (nSPS) is 20.6. The van der Waals surface area contributed by atoms with Crippen LogP contribution >= 0.6 is 0 Å². The fraction of sp³-hybridized carbons (Fsp3) is 0.857. The molecule has 3 rings (SSSR count). The van der Waals surface area contributed by atoms with E-state index < -0.39 is 10.0 Å². The van der Waals surface area contributed by atoms with Gasteiger partial charge in [0.05, 0.1) is 31.7 Å². The van der Waals surface area contributed by atoms with E-state index in [1.807, 2.05) is 4.68 Å². The Morgan fingerprint density at radius 1 is 1.13 bits per heavy atom. The summed E-state index contributed by atoms with van der Waals surface area (Å²) in [5.74, 6) is 0. The number of sulfonamides is 1. The number of hydrogen-bond donors (Lipinski definition) is 0. The Labute approximate surface area is 137 Å². The summed E-state index contributed by atoms with van der Waals surface area (Å²) in [5.41, 5.74) is 1.61. The third-order valence-corrected chi connectivity index (χ3v) is 5.73. The maximum Gasteiger partial charge on any atom is 0.211 e. The summed E-state index contributed by atoms with van der Waals surface area (Å²) >= 11 is 0. The molecule has 0 bridgehead atoms. The fourth-order valence-electron chi connectivity index (χ4n) is 3.13.